The number of nitrogens with one attached hydrogen (secondary N) is 2. The number of sulfonamides is 1. The molecule has 4 rings (SSSR count). The van der Waals surface area contributed by atoms with Crippen LogP contribution in [0.3, 0.4) is 0 Å². The van der Waals surface area contributed by atoms with Gasteiger partial charge >= 0.3 is 0 Å². The number of para-hydroxylation sites is 2. The number of hydrogen-bond donors (Lipinski definition) is 2. The summed E-state index contributed by atoms with van der Waals surface area (Å²) in [6.07, 6.45) is 0. The van der Waals surface area contributed by atoms with E-state index in [1.54, 1.807) is 42.5 Å². The molecule has 0 bridgehead atoms. The van der Waals surface area contributed by atoms with Gasteiger partial charge in [0, 0.05) is 17.3 Å². The van der Waals surface area contributed by atoms with E-state index in [0.29, 0.717) is 54.2 Å². The lowest BCUT2D eigenvalue weighted by molar-refractivity contribution is 0.102. The van der Waals surface area contributed by atoms with Crippen LogP contribution in [0, 0.1) is 5.92 Å². The maximum absolute atomic E-state index is 12.9. The van der Waals surface area contributed by atoms with E-state index in [9.17, 15) is 13.2 Å². The predicted molar refractivity (Wildman–Crippen MR) is 129 cm³/mol. The van der Waals surface area contributed by atoms with Crippen molar-refractivity contribution in [1.82, 2.24) is 0 Å². The largest absolute Gasteiger partial charge is 0.491 e. The minimum Gasteiger partial charge on any atom is -0.491 e. The topological polar surface area (TPSA) is 103 Å². The minimum atomic E-state index is -3.91. The summed E-state index contributed by atoms with van der Waals surface area (Å²) >= 11 is 0. The summed E-state index contributed by atoms with van der Waals surface area (Å²) in [6.45, 7) is 5.37. The van der Waals surface area contributed by atoms with Crippen molar-refractivity contribution >= 4 is 27.3 Å². The average molecular weight is 483 g/mol. The molecule has 0 saturated carbocycles. The molecule has 0 atom stereocenters. The van der Waals surface area contributed by atoms with Gasteiger partial charge in [-0.1, -0.05) is 32.0 Å². The molecule has 9 heteroatoms. The first-order valence-electron chi connectivity index (χ1n) is 10.9. The Labute approximate surface area is 198 Å². The quantitative estimate of drug-likeness (QED) is 0.488. The smallest absolute Gasteiger partial charge is 0.262 e. The molecule has 8 nitrogen and oxygen atoms in total. The lowest BCUT2D eigenvalue weighted by atomic mass is 10.2. The Balaban J connectivity index is 1.50. The van der Waals surface area contributed by atoms with E-state index in [1.807, 2.05) is 19.9 Å². The summed E-state index contributed by atoms with van der Waals surface area (Å²) in [4.78, 5) is 12.9. The number of amides is 1. The van der Waals surface area contributed by atoms with Gasteiger partial charge in [-0.05, 0) is 48.4 Å². The minimum absolute atomic E-state index is 0.0304. The molecule has 0 aliphatic carbocycles. The third-order valence-electron chi connectivity index (χ3n) is 4.91. The van der Waals surface area contributed by atoms with E-state index < -0.39 is 10.0 Å². The summed E-state index contributed by atoms with van der Waals surface area (Å²) < 4.78 is 45.0. The van der Waals surface area contributed by atoms with Crippen molar-refractivity contribution in [2.75, 3.05) is 29.9 Å². The second-order valence-corrected chi connectivity index (χ2v) is 9.83. The van der Waals surface area contributed by atoms with Gasteiger partial charge in [0.15, 0.2) is 11.5 Å². The Morgan fingerprint density at radius 1 is 0.971 bits per heavy atom. The molecule has 0 saturated heterocycles. The Kier molecular flexibility index (Phi) is 6.93. The number of fused-ring (bicyclic) bond motifs is 1. The van der Waals surface area contributed by atoms with Crippen molar-refractivity contribution in [1.29, 1.82) is 0 Å². The van der Waals surface area contributed by atoms with Crippen LogP contribution in [0.1, 0.15) is 24.2 Å². The van der Waals surface area contributed by atoms with Crippen LogP contribution in [-0.4, -0.2) is 34.1 Å². The number of ether oxygens (including phenoxy) is 3. The van der Waals surface area contributed by atoms with Gasteiger partial charge in [-0.3, -0.25) is 9.52 Å². The molecular formula is C25H26N2O6S. The Morgan fingerprint density at radius 3 is 2.53 bits per heavy atom. The van der Waals surface area contributed by atoms with Gasteiger partial charge in [0.2, 0.25) is 0 Å². The van der Waals surface area contributed by atoms with Crippen molar-refractivity contribution < 1.29 is 27.4 Å². The summed E-state index contributed by atoms with van der Waals surface area (Å²) in [5.41, 5.74) is 1.09. The monoisotopic (exact) mass is 482 g/mol. The second kappa shape index (κ2) is 10.0. The van der Waals surface area contributed by atoms with Crippen molar-refractivity contribution in [2.24, 2.45) is 5.92 Å². The summed E-state index contributed by atoms with van der Waals surface area (Å²) in [5.74, 6) is 1.39. The lowest BCUT2D eigenvalue weighted by Crippen LogP contribution is -2.18. The van der Waals surface area contributed by atoms with Crippen LogP contribution < -0.4 is 24.2 Å². The summed E-state index contributed by atoms with van der Waals surface area (Å²) in [5, 5.41) is 2.83. The molecule has 1 heterocycles. The molecule has 0 unspecified atom stereocenters. The number of carbonyl (C=O) groups excluding carboxylic acids is 1. The van der Waals surface area contributed by atoms with Gasteiger partial charge in [-0.15, -0.1) is 0 Å². The van der Waals surface area contributed by atoms with Gasteiger partial charge in [0.25, 0.3) is 15.9 Å². The number of hydrogen-bond acceptors (Lipinski definition) is 6. The Hall–Kier alpha value is -3.72. The first-order valence-corrected chi connectivity index (χ1v) is 12.4. The summed E-state index contributed by atoms with van der Waals surface area (Å²) in [6, 6.07) is 17.9. The molecule has 3 aromatic rings. The molecule has 0 radical (unpaired) electrons. The highest BCUT2D eigenvalue weighted by atomic mass is 32.2. The lowest BCUT2D eigenvalue weighted by Gasteiger charge is -2.19. The van der Waals surface area contributed by atoms with E-state index in [0.717, 1.165) is 0 Å². The normalized spacial score (nSPS) is 12.8. The van der Waals surface area contributed by atoms with Gasteiger partial charge in [0.1, 0.15) is 19.0 Å². The fourth-order valence-electron chi connectivity index (χ4n) is 3.28. The predicted octanol–water partition coefficient (Wildman–Crippen LogP) is 4.55. The first-order chi connectivity index (χ1) is 16.3. The van der Waals surface area contributed by atoms with Gasteiger partial charge in [0.05, 0.1) is 17.2 Å². The third-order valence-corrected chi connectivity index (χ3v) is 6.29. The zero-order chi connectivity index (χ0) is 24.1. The van der Waals surface area contributed by atoms with Crippen LogP contribution in [0.15, 0.2) is 71.6 Å². The highest BCUT2D eigenvalue weighted by Gasteiger charge is 2.20. The second-order valence-electron chi connectivity index (χ2n) is 8.15. The number of carbonyl (C=O) groups is 1. The number of anilines is 2. The maximum atomic E-state index is 12.9. The van der Waals surface area contributed by atoms with E-state index in [2.05, 4.69) is 10.0 Å². The van der Waals surface area contributed by atoms with Crippen LogP contribution >= 0.6 is 0 Å². The Morgan fingerprint density at radius 2 is 1.74 bits per heavy atom. The third kappa shape index (κ3) is 5.60. The standard InChI is InChI=1S/C25H26N2O6S/c1-17(2)16-33-22-9-4-3-8-21(22)26-25(28)18-6-5-7-19(14-18)27-34(29,30)20-10-11-23-24(15-20)32-13-12-31-23/h3-11,14-15,17,27H,12-13,16H2,1-2H3,(H,26,28). The fraction of sp³-hybridized carbons (Fsp3) is 0.240. The van der Waals surface area contributed by atoms with Crippen molar-refractivity contribution in [3.05, 3.63) is 72.3 Å². The zero-order valence-corrected chi connectivity index (χ0v) is 19.7. The molecule has 1 amide bonds. The van der Waals surface area contributed by atoms with Gasteiger partial charge < -0.3 is 19.5 Å². The molecule has 34 heavy (non-hydrogen) atoms. The number of rotatable bonds is 8. The molecule has 178 valence electrons. The van der Waals surface area contributed by atoms with E-state index >= 15 is 0 Å². The average Bonchev–Trinajstić information content (AvgIpc) is 2.83. The van der Waals surface area contributed by atoms with Crippen LogP contribution in [0.25, 0.3) is 0 Å². The van der Waals surface area contributed by atoms with E-state index in [1.165, 1.54) is 18.2 Å². The van der Waals surface area contributed by atoms with E-state index in [-0.39, 0.29) is 16.5 Å². The number of benzene rings is 3. The molecule has 3 aromatic carbocycles. The van der Waals surface area contributed by atoms with Crippen LogP contribution in [0.4, 0.5) is 11.4 Å². The molecule has 0 aromatic heterocycles. The molecule has 1 aliphatic rings. The van der Waals surface area contributed by atoms with Crippen LogP contribution in [0.2, 0.25) is 0 Å². The molecule has 0 spiro atoms. The summed E-state index contributed by atoms with van der Waals surface area (Å²) in [7, 11) is -3.91. The highest BCUT2D eigenvalue weighted by molar-refractivity contribution is 7.92. The first kappa shape index (κ1) is 23.4. The van der Waals surface area contributed by atoms with E-state index in [4.69, 9.17) is 14.2 Å². The zero-order valence-electron chi connectivity index (χ0n) is 18.9. The fourth-order valence-corrected chi connectivity index (χ4v) is 4.34. The van der Waals surface area contributed by atoms with Crippen LogP contribution in [0.5, 0.6) is 17.2 Å². The molecule has 1 aliphatic heterocycles. The van der Waals surface area contributed by atoms with Gasteiger partial charge in [-0.2, -0.15) is 0 Å². The SMILES string of the molecule is CC(C)COc1ccccc1NC(=O)c1cccc(NS(=O)(=O)c2ccc3c(c2)OCCO3)c1. The Bertz CT molecular complexity index is 1290. The maximum Gasteiger partial charge on any atom is 0.262 e. The molecular weight excluding hydrogens is 456 g/mol. The van der Waals surface area contributed by atoms with Crippen molar-refractivity contribution in [3.63, 3.8) is 0 Å². The van der Waals surface area contributed by atoms with Crippen molar-refractivity contribution in [3.8, 4) is 17.2 Å². The van der Waals surface area contributed by atoms with Crippen molar-refractivity contribution in [2.45, 2.75) is 18.7 Å². The van der Waals surface area contributed by atoms with Gasteiger partial charge in [-0.25, -0.2) is 8.42 Å². The highest BCUT2D eigenvalue weighted by Crippen LogP contribution is 2.33. The van der Waals surface area contributed by atoms with Crippen LogP contribution in [-0.2, 0) is 10.0 Å². The molecule has 0 fully saturated rings. The molecule has 2 N–H and O–H groups in total.